The van der Waals surface area contributed by atoms with Crippen LogP contribution in [0.2, 0.25) is 0 Å². The Morgan fingerprint density at radius 3 is 2.52 bits per heavy atom. The number of hydrogen-bond donors (Lipinski definition) is 1. The van der Waals surface area contributed by atoms with Gasteiger partial charge in [0.1, 0.15) is 11.4 Å². The van der Waals surface area contributed by atoms with Gasteiger partial charge in [0.2, 0.25) is 5.91 Å². The fourth-order valence-electron chi connectivity index (χ4n) is 2.95. The average Bonchev–Trinajstić information content (AvgIpc) is 2.50. The van der Waals surface area contributed by atoms with Gasteiger partial charge in [-0.3, -0.25) is 9.69 Å². The molecule has 0 unspecified atom stereocenters. The van der Waals surface area contributed by atoms with Crippen molar-refractivity contribution < 1.29 is 19.1 Å². The number of amides is 2. The highest BCUT2D eigenvalue weighted by Gasteiger charge is 2.37. The van der Waals surface area contributed by atoms with Crippen molar-refractivity contribution in [1.29, 1.82) is 0 Å². The zero-order valence-corrected chi connectivity index (χ0v) is 17.2. The third-order valence-electron chi connectivity index (χ3n) is 4.41. The molecular weight excluding hydrogens is 346 g/mol. The van der Waals surface area contributed by atoms with Gasteiger partial charge in [-0.25, -0.2) is 4.79 Å². The molecule has 0 spiro atoms. The first-order valence-electron chi connectivity index (χ1n) is 9.29. The normalized spacial score (nSPS) is 14.7. The maximum Gasteiger partial charge on any atom is 0.410 e. The number of carbonyl (C=O) groups is 2. The molecule has 27 heavy (non-hydrogen) atoms. The molecule has 0 saturated carbocycles. The molecule has 0 bridgehead atoms. The first-order chi connectivity index (χ1) is 12.6. The van der Waals surface area contributed by atoms with Gasteiger partial charge >= 0.3 is 6.09 Å². The van der Waals surface area contributed by atoms with Gasteiger partial charge in [0.05, 0.1) is 19.3 Å². The van der Waals surface area contributed by atoms with Gasteiger partial charge in [0.25, 0.3) is 0 Å². The minimum Gasteiger partial charge on any atom is -0.495 e. The second-order valence-corrected chi connectivity index (χ2v) is 7.85. The Morgan fingerprint density at radius 2 is 1.96 bits per heavy atom. The van der Waals surface area contributed by atoms with Crippen LogP contribution in [0.3, 0.4) is 0 Å². The number of aryl methyl sites for hydroxylation is 1. The van der Waals surface area contributed by atoms with E-state index in [-0.39, 0.29) is 24.6 Å². The number of ether oxygens (including phenoxy) is 2. The summed E-state index contributed by atoms with van der Waals surface area (Å²) in [6.07, 6.45) is -0.302. The number of benzene rings is 1. The molecule has 2 rings (SSSR count). The number of likely N-dealkylation sites (N-methyl/N-ethyl adjacent to an activating group) is 1. The molecule has 2 amide bonds. The van der Waals surface area contributed by atoms with E-state index in [0.29, 0.717) is 24.5 Å². The van der Waals surface area contributed by atoms with E-state index in [1.165, 1.54) is 0 Å². The van der Waals surface area contributed by atoms with E-state index < -0.39 is 5.60 Å². The fraction of sp³-hybridized carbons (Fsp3) is 0.600. The summed E-state index contributed by atoms with van der Waals surface area (Å²) in [4.78, 5) is 28.3. The first-order valence-corrected chi connectivity index (χ1v) is 9.29. The molecule has 7 nitrogen and oxygen atoms in total. The molecule has 1 aromatic rings. The Labute approximate surface area is 161 Å². The monoisotopic (exact) mass is 377 g/mol. The summed E-state index contributed by atoms with van der Waals surface area (Å²) >= 11 is 0. The maximum atomic E-state index is 12.5. The summed E-state index contributed by atoms with van der Waals surface area (Å²) in [6, 6.07) is 5.83. The minimum absolute atomic E-state index is 0.100. The van der Waals surface area contributed by atoms with Crippen LogP contribution in [0.15, 0.2) is 18.2 Å². The summed E-state index contributed by atoms with van der Waals surface area (Å²) in [5.74, 6) is 0.535. The van der Waals surface area contributed by atoms with Gasteiger partial charge in [0, 0.05) is 19.1 Å². The molecule has 1 aliphatic heterocycles. The van der Waals surface area contributed by atoms with Gasteiger partial charge in [-0.1, -0.05) is 13.0 Å². The Morgan fingerprint density at radius 1 is 1.30 bits per heavy atom. The maximum absolute atomic E-state index is 12.5. The highest BCUT2D eigenvalue weighted by atomic mass is 16.6. The minimum atomic E-state index is -0.501. The Bertz CT molecular complexity index is 678. The lowest BCUT2D eigenvalue weighted by atomic mass is 10.1. The Hall–Kier alpha value is -2.28. The zero-order valence-electron chi connectivity index (χ0n) is 17.2. The number of rotatable bonds is 6. The molecule has 0 aromatic heterocycles. The molecule has 150 valence electrons. The lowest BCUT2D eigenvalue weighted by molar-refractivity contribution is -0.118. The summed E-state index contributed by atoms with van der Waals surface area (Å²) in [7, 11) is 1.58. The number of carbonyl (C=O) groups excluding carboxylic acids is 2. The van der Waals surface area contributed by atoms with Crippen LogP contribution < -0.4 is 10.1 Å². The predicted octanol–water partition coefficient (Wildman–Crippen LogP) is 2.88. The smallest absolute Gasteiger partial charge is 0.410 e. The van der Waals surface area contributed by atoms with Gasteiger partial charge in [-0.15, -0.1) is 0 Å². The van der Waals surface area contributed by atoms with E-state index >= 15 is 0 Å². The fourth-order valence-corrected chi connectivity index (χ4v) is 2.95. The standard InChI is InChI=1S/C20H31N3O4/c1-7-22(15-11-23(12-15)19(25)27-20(3,4)5)13-18(24)21-16-10-14(2)8-9-17(16)26-6/h8-10,15H,7,11-13H2,1-6H3,(H,21,24). The second kappa shape index (κ2) is 8.61. The van der Waals surface area contributed by atoms with Crippen LogP contribution in [0.25, 0.3) is 0 Å². The molecular formula is C20H31N3O4. The van der Waals surface area contributed by atoms with Crippen molar-refractivity contribution >= 4 is 17.7 Å². The lowest BCUT2D eigenvalue weighted by Gasteiger charge is -2.44. The van der Waals surface area contributed by atoms with Crippen LogP contribution in [0.1, 0.15) is 33.3 Å². The van der Waals surface area contributed by atoms with Gasteiger partial charge in [0.15, 0.2) is 0 Å². The van der Waals surface area contributed by atoms with Gasteiger partial charge in [-0.2, -0.15) is 0 Å². The molecule has 1 N–H and O–H groups in total. The first kappa shape index (κ1) is 21.0. The van der Waals surface area contributed by atoms with Crippen LogP contribution in [-0.2, 0) is 9.53 Å². The molecule has 1 aliphatic rings. The number of anilines is 1. The SMILES string of the molecule is CCN(CC(=O)Nc1cc(C)ccc1OC)C1CN(C(=O)OC(C)(C)C)C1. The number of nitrogens with one attached hydrogen (secondary N) is 1. The number of nitrogens with zero attached hydrogens (tertiary/aromatic N) is 2. The van der Waals surface area contributed by atoms with E-state index in [9.17, 15) is 9.59 Å². The molecule has 1 heterocycles. The highest BCUT2D eigenvalue weighted by Crippen LogP contribution is 2.25. The van der Waals surface area contributed by atoms with E-state index in [0.717, 1.165) is 12.1 Å². The summed E-state index contributed by atoms with van der Waals surface area (Å²) in [6.45, 7) is 11.7. The van der Waals surface area contributed by atoms with E-state index in [1.807, 2.05) is 52.8 Å². The lowest BCUT2D eigenvalue weighted by Crippen LogP contribution is -2.62. The van der Waals surface area contributed by atoms with Crippen molar-refractivity contribution in [2.24, 2.45) is 0 Å². The third-order valence-corrected chi connectivity index (χ3v) is 4.41. The van der Waals surface area contributed by atoms with Crippen LogP contribution in [-0.4, -0.2) is 66.7 Å². The average molecular weight is 377 g/mol. The quantitative estimate of drug-likeness (QED) is 0.825. The summed E-state index contributed by atoms with van der Waals surface area (Å²) < 4.78 is 10.7. The topological polar surface area (TPSA) is 71.1 Å². The van der Waals surface area contributed by atoms with Crippen LogP contribution in [0, 0.1) is 6.92 Å². The third kappa shape index (κ3) is 5.85. The number of methoxy groups -OCH3 is 1. The van der Waals surface area contributed by atoms with Gasteiger partial charge < -0.3 is 19.7 Å². The van der Waals surface area contributed by atoms with E-state index in [1.54, 1.807) is 12.0 Å². The Kier molecular flexibility index (Phi) is 6.70. The molecule has 1 fully saturated rings. The molecule has 0 radical (unpaired) electrons. The highest BCUT2D eigenvalue weighted by molar-refractivity contribution is 5.93. The van der Waals surface area contributed by atoms with Gasteiger partial charge in [-0.05, 0) is 51.9 Å². The zero-order chi connectivity index (χ0) is 20.2. The van der Waals surface area contributed by atoms with E-state index in [4.69, 9.17) is 9.47 Å². The predicted molar refractivity (Wildman–Crippen MR) is 105 cm³/mol. The second-order valence-electron chi connectivity index (χ2n) is 7.85. The van der Waals surface area contributed by atoms with Crippen molar-refractivity contribution in [2.45, 2.75) is 46.3 Å². The largest absolute Gasteiger partial charge is 0.495 e. The van der Waals surface area contributed by atoms with Crippen molar-refractivity contribution in [3.8, 4) is 5.75 Å². The molecule has 0 aliphatic carbocycles. The number of hydrogen-bond acceptors (Lipinski definition) is 5. The van der Waals surface area contributed by atoms with Crippen LogP contribution >= 0.6 is 0 Å². The summed E-state index contributed by atoms with van der Waals surface area (Å²) in [5.41, 5.74) is 1.22. The van der Waals surface area contributed by atoms with Crippen LogP contribution in [0.5, 0.6) is 5.75 Å². The molecule has 1 aromatic carbocycles. The molecule has 1 saturated heterocycles. The molecule has 0 atom stereocenters. The van der Waals surface area contributed by atoms with Crippen molar-refractivity contribution in [3.05, 3.63) is 23.8 Å². The van der Waals surface area contributed by atoms with E-state index in [2.05, 4.69) is 10.2 Å². The Balaban J connectivity index is 1.88. The summed E-state index contributed by atoms with van der Waals surface area (Å²) in [5, 5.41) is 2.92. The van der Waals surface area contributed by atoms with Crippen molar-refractivity contribution in [2.75, 3.05) is 38.6 Å². The molecule has 7 heteroatoms. The van der Waals surface area contributed by atoms with Crippen molar-refractivity contribution in [1.82, 2.24) is 9.80 Å². The van der Waals surface area contributed by atoms with Crippen LogP contribution in [0.4, 0.5) is 10.5 Å². The number of likely N-dealkylation sites (tertiary alicyclic amines) is 1. The van der Waals surface area contributed by atoms with Crippen molar-refractivity contribution in [3.63, 3.8) is 0 Å².